The van der Waals surface area contributed by atoms with Gasteiger partial charge in [-0.25, -0.2) is 9.97 Å². The molecular weight excluding hydrogens is 269 g/mol. The molecule has 0 atom stereocenters. The van der Waals surface area contributed by atoms with Crippen LogP contribution < -0.4 is 15.8 Å². The summed E-state index contributed by atoms with van der Waals surface area (Å²) in [6.07, 6.45) is -3.54. The average Bonchev–Trinajstić information content (AvgIpc) is 2.65. The van der Waals surface area contributed by atoms with Gasteiger partial charge in [-0.2, -0.15) is 0 Å². The summed E-state index contributed by atoms with van der Waals surface area (Å²) in [4.78, 5) is 7.44. The number of anilines is 3. The van der Waals surface area contributed by atoms with Gasteiger partial charge in [0.25, 0.3) is 0 Å². The fourth-order valence-electron chi connectivity index (χ4n) is 1.10. The Morgan fingerprint density at radius 2 is 2.11 bits per heavy atom. The van der Waals surface area contributed by atoms with Crippen LogP contribution in [0.4, 0.5) is 29.8 Å². The summed E-state index contributed by atoms with van der Waals surface area (Å²) in [6, 6.07) is 2.50. The molecule has 9 heteroatoms. The number of nitrogen functional groups attached to an aromatic ring is 1. The lowest BCUT2D eigenvalue weighted by Gasteiger charge is -2.08. The van der Waals surface area contributed by atoms with E-state index >= 15 is 0 Å². The maximum atomic E-state index is 11.9. The summed E-state index contributed by atoms with van der Waals surface area (Å²) >= 11 is 1.27. The summed E-state index contributed by atoms with van der Waals surface area (Å²) in [6.45, 7) is 0. The van der Waals surface area contributed by atoms with Crippen molar-refractivity contribution in [3.63, 3.8) is 0 Å². The number of thiazole rings is 1. The Balaban J connectivity index is 2.04. The first-order chi connectivity index (χ1) is 8.42. The average molecular weight is 276 g/mol. The monoisotopic (exact) mass is 276 g/mol. The van der Waals surface area contributed by atoms with Crippen molar-refractivity contribution in [2.75, 3.05) is 11.1 Å². The van der Waals surface area contributed by atoms with E-state index in [2.05, 4.69) is 20.0 Å². The molecule has 2 rings (SSSR count). The van der Waals surface area contributed by atoms with Gasteiger partial charge < -0.3 is 15.8 Å². The Kier molecular flexibility index (Phi) is 3.24. The zero-order chi connectivity index (χ0) is 13.2. The van der Waals surface area contributed by atoms with Crippen molar-refractivity contribution in [1.29, 1.82) is 0 Å². The Morgan fingerprint density at radius 3 is 2.61 bits per heavy atom. The SMILES string of the molecule is Nc1csc(Nc2ccc(OC(F)(F)F)nc2)n1. The molecule has 2 aromatic rings. The predicted octanol–water partition coefficient (Wildman–Crippen LogP) is 2.76. The lowest BCUT2D eigenvalue weighted by atomic mass is 10.4. The Morgan fingerprint density at radius 1 is 1.33 bits per heavy atom. The highest BCUT2D eigenvalue weighted by atomic mass is 32.1. The van der Waals surface area contributed by atoms with Crippen LogP contribution in [-0.2, 0) is 0 Å². The second kappa shape index (κ2) is 4.69. The summed E-state index contributed by atoms with van der Waals surface area (Å²) in [5.41, 5.74) is 5.91. The van der Waals surface area contributed by atoms with Gasteiger partial charge in [0.05, 0.1) is 11.9 Å². The van der Waals surface area contributed by atoms with E-state index in [0.29, 0.717) is 16.6 Å². The Labute approximate surface area is 103 Å². The van der Waals surface area contributed by atoms with Crippen LogP contribution in [-0.4, -0.2) is 16.3 Å². The van der Waals surface area contributed by atoms with E-state index in [1.807, 2.05) is 0 Å². The van der Waals surface area contributed by atoms with E-state index in [-0.39, 0.29) is 0 Å². The second-order valence-corrected chi connectivity index (χ2v) is 3.99. The third kappa shape index (κ3) is 3.48. The van der Waals surface area contributed by atoms with Gasteiger partial charge in [0.15, 0.2) is 5.13 Å². The van der Waals surface area contributed by atoms with Crippen molar-refractivity contribution >= 4 is 28.0 Å². The molecule has 0 saturated carbocycles. The van der Waals surface area contributed by atoms with E-state index in [4.69, 9.17) is 5.73 Å². The highest BCUT2D eigenvalue weighted by Crippen LogP contribution is 2.24. The maximum Gasteiger partial charge on any atom is 0.574 e. The van der Waals surface area contributed by atoms with Crippen LogP contribution in [0, 0.1) is 0 Å². The second-order valence-electron chi connectivity index (χ2n) is 3.14. The number of aromatic nitrogens is 2. The minimum absolute atomic E-state index is 0.368. The summed E-state index contributed by atoms with van der Waals surface area (Å²) in [5, 5.41) is 5.01. The molecule has 0 aliphatic carbocycles. The van der Waals surface area contributed by atoms with Gasteiger partial charge in [-0.05, 0) is 6.07 Å². The smallest absolute Gasteiger partial charge is 0.388 e. The molecule has 0 aliphatic heterocycles. The molecule has 0 unspecified atom stereocenters. The van der Waals surface area contributed by atoms with Crippen LogP contribution >= 0.6 is 11.3 Å². The van der Waals surface area contributed by atoms with Gasteiger partial charge in [0.1, 0.15) is 5.82 Å². The molecule has 0 fully saturated rings. The van der Waals surface area contributed by atoms with Crippen LogP contribution in [0.3, 0.4) is 0 Å². The molecule has 0 aliphatic rings. The van der Waals surface area contributed by atoms with Crippen LogP contribution in [0.1, 0.15) is 0 Å². The minimum atomic E-state index is -4.74. The third-order valence-electron chi connectivity index (χ3n) is 1.73. The highest BCUT2D eigenvalue weighted by Gasteiger charge is 2.31. The Hall–Kier alpha value is -2.03. The number of nitrogens with zero attached hydrogens (tertiary/aromatic N) is 2. The van der Waals surface area contributed by atoms with Crippen molar-refractivity contribution in [2.24, 2.45) is 0 Å². The van der Waals surface area contributed by atoms with Crippen molar-refractivity contribution in [3.05, 3.63) is 23.7 Å². The number of alkyl halides is 3. The standard InChI is InChI=1S/C9H7F3N4OS/c10-9(11,12)17-7-2-1-5(3-14-7)15-8-16-6(13)4-18-8/h1-4H,13H2,(H,15,16). The normalized spacial score (nSPS) is 11.3. The van der Waals surface area contributed by atoms with Gasteiger partial charge in [-0.3, -0.25) is 0 Å². The van der Waals surface area contributed by atoms with Gasteiger partial charge in [-0.1, -0.05) is 0 Å². The number of hydrogen-bond acceptors (Lipinski definition) is 6. The number of halogens is 3. The van der Waals surface area contributed by atoms with Crippen LogP contribution in [0.25, 0.3) is 0 Å². The molecule has 0 amide bonds. The van der Waals surface area contributed by atoms with Crippen molar-refractivity contribution in [2.45, 2.75) is 6.36 Å². The topological polar surface area (TPSA) is 73.1 Å². The zero-order valence-electron chi connectivity index (χ0n) is 8.73. The number of ether oxygens (including phenoxy) is 1. The Bertz CT molecular complexity index is 525. The highest BCUT2D eigenvalue weighted by molar-refractivity contribution is 7.14. The zero-order valence-corrected chi connectivity index (χ0v) is 9.55. The maximum absolute atomic E-state index is 11.9. The lowest BCUT2D eigenvalue weighted by Crippen LogP contribution is -2.17. The van der Waals surface area contributed by atoms with Crippen LogP contribution in [0.5, 0.6) is 5.88 Å². The lowest BCUT2D eigenvalue weighted by molar-refractivity contribution is -0.276. The molecule has 2 heterocycles. The van der Waals surface area contributed by atoms with Gasteiger partial charge >= 0.3 is 6.36 Å². The molecule has 5 nitrogen and oxygen atoms in total. The largest absolute Gasteiger partial charge is 0.574 e. The molecular formula is C9H7F3N4OS. The fourth-order valence-corrected chi connectivity index (χ4v) is 1.72. The predicted molar refractivity (Wildman–Crippen MR) is 60.7 cm³/mol. The first kappa shape index (κ1) is 12.4. The van der Waals surface area contributed by atoms with Crippen molar-refractivity contribution in [3.8, 4) is 5.88 Å². The van der Waals surface area contributed by atoms with Crippen LogP contribution in [0.15, 0.2) is 23.7 Å². The first-order valence-corrected chi connectivity index (χ1v) is 5.50. The van der Waals surface area contributed by atoms with Crippen LogP contribution in [0.2, 0.25) is 0 Å². The number of nitrogens with two attached hydrogens (primary N) is 1. The van der Waals surface area contributed by atoms with Gasteiger partial charge in [0, 0.05) is 11.4 Å². The molecule has 18 heavy (non-hydrogen) atoms. The van der Waals surface area contributed by atoms with E-state index in [1.54, 1.807) is 5.38 Å². The number of hydrogen-bond donors (Lipinski definition) is 2. The number of rotatable bonds is 3. The van der Waals surface area contributed by atoms with Crippen molar-refractivity contribution in [1.82, 2.24) is 9.97 Å². The number of pyridine rings is 1. The molecule has 0 spiro atoms. The van der Waals surface area contributed by atoms with E-state index in [1.165, 1.54) is 23.6 Å². The fraction of sp³-hybridized carbons (Fsp3) is 0.111. The minimum Gasteiger partial charge on any atom is -0.388 e. The van der Waals surface area contributed by atoms with E-state index in [0.717, 1.165) is 6.07 Å². The first-order valence-electron chi connectivity index (χ1n) is 4.62. The molecule has 3 N–H and O–H groups in total. The van der Waals surface area contributed by atoms with Crippen molar-refractivity contribution < 1.29 is 17.9 Å². The van der Waals surface area contributed by atoms with Gasteiger partial charge in [-0.15, -0.1) is 24.5 Å². The summed E-state index contributed by atoms with van der Waals surface area (Å²) in [7, 11) is 0. The molecule has 0 bridgehead atoms. The quantitative estimate of drug-likeness (QED) is 0.901. The number of nitrogens with one attached hydrogen (secondary N) is 1. The molecule has 96 valence electrons. The molecule has 0 aromatic carbocycles. The summed E-state index contributed by atoms with van der Waals surface area (Å²) < 4.78 is 39.3. The summed E-state index contributed by atoms with van der Waals surface area (Å²) in [5.74, 6) is -0.154. The molecule has 2 aromatic heterocycles. The molecule has 0 radical (unpaired) electrons. The molecule has 0 saturated heterocycles. The van der Waals surface area contributed by atoms with E-state index < -0.39 is 12.2 Å². The van der Waals surface area contributed by atoms with Gasteiger partial charge in [0.2, 0.25) is 5.88 Å². The van der Waals surface area contributed by atoms with E-state index in [9.17, 15) is 13.2 Å². The third-order valence-corrected chi connectivity index (χ3v) is 2.51.